The number of para-hydroxylation sites is 1. The van der Waals surface area contributed by atoms with Gasteiger partial charge in [-0.05, 0) is 25.8 Å². The number of nitrogens with zero attached hydrogens (tertiary/aromatic N) is 3. The summed E-state index contributed by atoms with van der Waals surface area (Å²) in [6.45, 7) is 4.99. The van der Waals surface area contributed by atoms with Crippen LogP contribution in [0.2, 0.25) is 0 Å². The van der Waals surface area contributed by atoms with Crippen LogP contribution in [0.15, 0.2) is 29.2 Å². The number of carbonyl (C=O) groups excluding carboxylic acids is 1. The SMILES string of the molecule is C[C@H](C(=O)N1CCCCCC1)[NH+]1CCN(S(=O)(=O)c2ccccc2[N+](=O)[O-])CC1. The van der Waals surface area contributed by atoms with E-state index in [1.807, 2.05) is 11.8 Å². The second-order valence-electron chi connectivity index (χ2n) is 7.75. The summed E-state index contributed by atoms with van der Waals surface area (Å²) in [6.07, 6.45) is 4.39. The van der Waals surface area contributed by atoms with E-state index >= 15 is 0 Å². The van der Waals surface area contributed by atoms with Crippen molar-refractivity contribution in [3.63, 3.8) is 0 Å². The number of benzene rings is 1. The summed E-state index contributed by atoms with van der Waals surface area (Å²) < 4.78 is 27.2. The monoisotopic (exact) mass is 425 g/mol. The van der Waals surface area contributed by atoms with Gasteiger partial charge in [0.2, 0.25) is 10.0 Å². The number of amides is 1. The third kappa shape index (κ3) is 4.76. The van der Waals surface area contributed by atoms with Crippen LogP contribution in [0.4, 0.5) is 5.69 Å². The Morgan fingerprint density at radius 1 is 1.07 bits per heavy atom. The molecule has 10 heteroatoms. The van der Waals surface area contributed by atoms with Gasteiger partial charge < -0.3 is 9.80 Å². The lowest BCUT2D eigenvalue weighted by Crippen LogP contribution is -3.19. The van der Waals surface area contributed by atoms with E-state index in [0.29, 0.717) is 13.1 Å². The summed E-state index contributed by atoms with van der Waals surface area (Å²) in [4.78, 5) is 26.1. The number of rotatable bonds is 5. The molecule has 2 aliphatic rings. The number of nitrogens with one attached hydrogen (secondary N) is 1. The topological polar surface area (TPSA) is 105 Å². The van der Waals surface area contributed by atoms with Crippen LogP contribution in [0.1, 0.15) is 32.6 Å². The van der Waals surface area contributed by atoms with Crippen molar-refractivity contribution in [3.8, 4) is 0 Å². The molecule has 0 spiro atoms. The maximum Gasteiger partial charge on any atom is 0.289 e. The van der Waals surface area contributed by atoms with Crippen LogP contribution in [0, 0.1) is 10.1 Å². The van der Waals surface area contributed by atoms with Crippen LogP contribution in [0.3, 0.4) is 0 Å². The molecule has 0 unspecified atom stereocenters. The number of quaternary nitrogens is 1. The highest BCUT2D eigenvalue weighted by Gasteiger charge is 2.38. The fourth-order valence-electron chi connectivity index (χ4n) is 4.15. The molecule has 3 rings (SSSR count). The van der Waals surface area contributed by atoms with Gasteiger partial charge in [-0.15, -0.1) is 0 Å². The number of carbonyl (C=O) groups is 1. The maximum absolute atomic E-state index is 12.9. The average molecular weight is 426 g/mol. The van der Waals surface area contributed by atoms with Crippen molar-refractivity contribution >= 4 is 21.6 Å². The lowest BCUT2D eigenvalue weighted by atomic mass is 10.2. The van der Waals surface area contributed by atoms with Gasteiger partial charge in [-0.3, -0.25) is 14.9 Å². The molecule has 1 N–H and O–H groups in total. The normalized spacial score (nSPS) is 20.8. The Labute approximate surface area is 171 Å². The zero-order chi connectivity index (χ0) is 21.0. The number of sulfonamides is 1. The Hall–Kier alpha value is -2.04. The number of hydrogen-bond donors (Lipinski definition) is 1. The quantitative estimate of drug-likeness (QED) is 0.539. The highest BCUT2D eigenvalue weighted by Crippen LogP contribution is 2.26. The van der Waals surface area contributed by atoms with Gasteiger partial charge in [0.15, 0.2) is 10.9 Å². The van der Waals surface area contributed by atoms with E-state index in [9.17, 15) is 23.3 Å². The molecule has 0 bridgehead atoms. The molecule has 2 aliphatic heterocycles. The predicted octanol–water partition coefficient (Wildman–Crippen LogP) is 0.275. The Kier molecular flexibility index (Phi) is 6.86. The van der Waals surface area contributed by atoms with Crippen LogP contribution in [-0.2, 0) is 14.8 Å². The second kappa shape index (κ2) is 9.19. The van der Waals surface area contributed by atoms with Crippen LogP contribution in [0.5, 0.6) is 0 Å². The molecule has 0 saturated carbocycles. The van der Waals surface area contributed by atoms with E-state index in [0.717, 1.165) is 43.7 Å². The van der Waals surface area contributed by atoms with Gasteiger partial charge in [-0.25, -0.2) is 8.42 Å². The molecule has 9 nitrogen and oxygen atoms in total. The first-order valence-electron chi connectivity index (χ1n) is 10.2. The van der Waals surface area contributed by atoms with Crippen molar-refractivity contribution in [2.45, 2.75) is 43.5 Å². The molecular weight excluding hydrogens is 396 g/mol. The van der Waals surface area contributed by atoms with Crippen molar-refractivity contribution in [2.24, 2.45) is 0 Å². The third-order valence-corrected chi connectivity index (χ3v) is 7.89. The Morgan fingerprint density at radius 2 is 1.66 bits per heavy atom. The predicted molar refractivity (Wildman–Crippen MR) is 107 cm³/mol. The van der Waals surface area contributed by atoms with Crippen LogP contribution in [-0.4, -0.2) is 73.8 Å². The molecule has 1 amide bonds. The van der Waals surface area contributed by atoms with E-state index in [2.05, 4.69) is 0 Å². The molecule has 2 fully saturated rings. The third-order valence-electron chi connectivity index (χ3n) is 5.94. The van der Waals surface area contributed by atoms with Crippen molar-refractivity contribution in [1.29, 1.82) is 0 Å². The summed E-state index contributed by atoms with van der Waals surface area (Å²) in [5.74, 6) is 0.136. The van der Waals surface area contributed by atoms with Crippen molar-refractivity contribution < 1.29 is 23.0 Å². The molecule has 29 heavy (non-hydrogen) atoms. The highest BCUT2D eigenvalue weighted by atomic mass is 32.2. The lowest BCUT2D eigenvalue weighted by molar-refractivity contribution is -0.918. The zero-order valence-corrected chi connectivity index (χ0v) is 17.6. The molecule has 1 aromatic rings. The first kappa shape index (κ1) is 21.7. The van der Waals surface area contributed by atoms with Crippen LogP contribution in [0.25, 0.3) is 0 Å². The first-order chi connectivity index (χ1) is 13.8. The number of nitro groups is 1. The van der Waals surface area contributed by atoms with Crippen molar-refractivity contribution in [1.82, 2.24) is 9.21 Å². The highest BCUT2D eigenvalue weighted by molar-refractivity contribution is 7.89. The van der Waals surface area contributed by atoms with Gasteiger partial charge in [0.1, 0.15) is 0 Å². The standard InChI is InChI=1S/C19H28N4O5S/c1-16(19(24)21-10-6-2-3-7-11-21)20-12-14-22(15-13-20)29(27,28)18-9-5-4-8-17(18)23(25)26/h4-5,8-9,16H,2-3,6-7,10-15H2,1H3/p+1/t16-/m1/s1. The Bertz CT molecular complexity index is 844. The first-order valence-corrected chi connectivity index (χ1v) is 11.6. The number of piperazine rings is 1. The fraction of sp³-hybridized carbons (Fsp3) is 0.632. The van der Waals surface area contributed by atoms with Gasteiger partial charge >= 0.3 is 0 Å². The van der Waals surface area contributed by atoms with E-state index < -0.39 is 20.6 Å². The largest absolute Gasteiger partial charge is 0.338 e. The molecule has 1 atom stereocenters. The minimum absolute atomic E-state index is 0.136. The van der Waals surface area contributed by atoms with Crippen molar-refractivity contribution in [2.75, 3.05) is 39.3 Å². The number of nitro benzene ring substituents is 1. The Morgan fingerprint density at radius 3 is 2.24 bits per heavy atom. The molecule has 2 saturated heterocycles. The molecular formula is C19H29N4O5S+. The van der Waals surface area contributed by atoms with Gasteiger partial charge in [0.05, 0.1) is 31.1 Å². The summed E-state index contributed by atoms with van der Waals surface area (Å²) >= 11 is 0. The molecule has 160 valence electrons. The minimum Gasteiger partial charge on any atom is -0.338 e. The van der Waals surface area contributed by atoms with E-state index in [-0.39, 0.29) is 29.9 Å². The second-order valence-corrected chi connectivity index (χ2v) is 9.65. The molecule has 1 aromatic carbocycles. The van der Waals surface area contributed by atoms with Crippen LogP contribution < -0.4 is 4.90 Å². The van der Waals surface area contributed by atoms with Gasteiger partial charge in [-0.1, -0.05) is 25.0 Å². The smallest absolute Gasteiger partial charge is 0.289 e. The van der Waals surface area contributed by atoms with Gasteiger partial charge in [-0.2, -0.15) is 4.31 Å². The zero-order valence-electron chi connectivity index (χ0n) is 16.7. The summed E-state index contributed by atoms with van der Waals surface area (Å²) in [7, 11) is -3.95. The minimum atomic E-state index is -3.95. The summed E-state index contributed by atoms with van der Waals surface area (Å²) in [5, 5.41) is 11.2. The maximum atomic E-state index is 12.9. The van der Waals surface area contributed by atoms with Crippen molar-refractivity contribution in [3.05, 3.63) is 34.4 Å². The molecule has 2 heterocycles. The molecule has 0 aromatic heterocycles. The molecule has 0 aliphatic carbocycles. The molecule has 0 radical (unpaired) electrons. The van der Waals surface area contributed by atoms with E-state index in [1.165, 1.54) is 28.6 Å². The van der Waals surface area contributed by atoms with E-state index in [1.54, 1.807) is 0 Å². The number of likely N-dealkylation sites (tertiary alicyclic amines) is 1. The van der Waals surface area contributed by atoms with Crippen LogP contribution >= 0.6 is 0 Å². The average Bonchev–Trinajstić information content (AvgIpc) is 3.02. The van der Waals surface area contributed by atoms with Gasteiger partial charge in [0.25, 0.3) is 11.6 Å². The lowest BCUT2D eigenvalue weighted by Gasteiger charge is -2.35. The fourth-order valence-corrected chi connectivity index (χ4v) is 5.75. The Balaban J connectivity index is 1.65. The summed E-state index contributed by atoms with van der Waals surface area (Å²) in [5.41, 5.74) is -0.410. The summed E-state index contributed by atoms with van der Waals surface area (Å²) in [6, 6.07) is 5.21. The van der Waals surface area contributed by atoms with Gasteiger partial charge in [0, 0.05) is 19.2 Å². The van der Waals surface area contributed by atoms with E-state index in [4.69, 9.17) is 0 Å². The number of hydrogen-bond acceptors (Lipinski definition) is 5.